The summed E-state index contributed by atoms with van der Waals surface area (Å²) in [5.41, 5.74) is 0.768. The minimum absolute atomic E-state index is 0.135. The third-order valence-electron chi connectivity index (χ3n) is 3.32. The average molecular weight is 347 g/mol. The van der Waals surface area contributed by atoms with E-state index >= 15 is 0 Å². The van der Waals surface area contributed by atoms with Crippen LogP contribution in [0.1, 0.15) is 6.92 Å². The van der Waals surface area contributed by atoms with Gasteiger partial charge in [-0.15, -0.1) is 0 Å². The van der Waals surface area contributed by atoms with Crippen molar-refractivity contribution in [1.82, 2.24) is 0 Å². The van der Waals surface area contributed by atoms with Crippen molar-refractivity contribution in [2.24, 2.45) is 0 Å². The fourth-order valence-corrected chi connectivity index (χ4v) is 2.19. The molecule has 0 unspecified atom stereocenters. The van der Waals surface area contributed by atoms with Crippen LogP contribution in [-0.2, 0) is 4.74 Å². The second kappa shape index (κ2) is 8.00. The molecular formula is C17H17NO7. The maximum Gasteiger partial charge on any atom is 0.513 e. The van der Waals surface area contributed by atoms with Gasteiger partial charge in [0.25, 0.3) is 5.69 Å². The highest BCUT2D eigenvalue weighted by Gasteiger charge is 2.18. The molecule has 0 spiro atoms. The molecule has 0 aliphatic rings. The van der Waals surface area contributed by atoms with Crippen LogP contribution in [0.15, 0.2) is 36.4 Å². The number of carbonyl (C=O) groups excluding carboxylic acids is 1. The number of non-ortho nitro benzene ring substituents is 1. The molecule has 0 atom stereocenters. The molecule has 8 heteroatoms. The minimum atomic E-state index is -0.891. The molecule has 0 saturated carbocycles. The molecule has 0 aliphatic heterocycles. The molecule has 2 aromatic rings. The summed E-state index contributed by atoms with van der Waals surface area (Å²) in [5.74, 6) is 1.08. The highest BCUT2D eigenvalue weighted by molar-refractivity contribution is 5.78. The van der Waals surface area contributed by atoms with Crippen molar-refractivity contribution in [3.63, 3.8) is 0 Å². The molecule has 2 rings (SSSR count). The summed E-state index contributed by atoms with van der Waals surface area (Å²) in [5, 5.41) is 11.1. The van der Waals surface area contributed by atoms with Crippen molar-refractivity contribution in [3.8, 4) is 28.4 Å². The zero-order valence-corrected chi connectivity index (χ0v) is 14.0. The largest absolute Gasteiger partial charge is 0.513 e. The van der Waals surface area contributed by atoms with Gasteiger partial charge in [-0.05, 0) is 30.7 Å². The molecule has 2 aromatic carbocycles. The molecule has 8 nitrogen and oxygen atoms in total. The van der Waals surface area contributed by atoms with Gasteiger partial charge in [0.05, 0.1) is 25.7 Å². The van der Waals surface area contributed by atoms with Crippen LogP contribution in [0.25, 0.3) is 11.1 Å². The molecule has 0 saturated heterocycles. The Balaban J connectivity index is 2.54. The van der Waals surface area contributed by atoms with Gasteiger partial charge in [0.2, 0.25) is 0 Å². The number of rotatable bonds is 6. The molecule has 0 fully saturated rings. The number of ether oxygens (including phenoxy) is 4. The Morgan fingerprint density at radius 3 is 2.32 bits per heavy atom. The van der Waals surface area contributed by atoms with Crippen molar-refractivity contribution in [1.29, 1.82) is 0 Å². The van der Waals surface area contributed by atoms with Crippen LogP contribution >= 0.6 is 0 Å². The van der Waals surface area contributed by atoms with Gasteiger partial charge in [-0.3, -0.25) is 10.1 Å². The predicted octanol–water partition coefficient (Wildman–Crippen LogP) is 3.81. The number of nitro benzene ring substituents is 1. The third-order valence-corrected chi connectivity index (χ3v) is 3.32. The number of carbonyl (C=O) groups is 1. The van der Waals surface area contributed by atoms with Crippen LogP contribution in [0.2, 0.25) is 0 Å². The van der Waals surface area contributed by atoms with Crippen LogP contribution in [-0.4, -0.2) is 31.9 Å². The van der Waals surface area contributed by atoms with E-state index in [1.54, 1.807) is 25.1 Å². The normalized spacial score (nSPS) is 10.0. The zero-order chi connectivity index (χ0) is 18.4. The monoisotopic (exact) mass is 347 g/mol. The van der Waals surface area contributed by atoms with Gasteiger partial charge in [-0.1, -0.05) is 6.07 Å². The first-order valence-electron chi connectivity index (χ1n) is 7.35. The lowest BCUT2D eigenvalue weighted by Crippen LogP contribution is -2.10. The number of nitrogens with zero attached hydrogens (tertiary/aromatic N) is 1. The Morgan fingerprint density at radius 1 is 1.04 bits per heavy atom. The van der Waals surface area contributed by atoms with Crippen LogP contribution in [0, 0.1) is 10.1 Å². The predicted molar refractivity (Wildman–Crippen MR) is 89.3 cm³/mol. The number of hydrogen-bond acceptors (Lipinski definition) is 7. The SMILES string of the molecule is CCOC(=O)Oc1ccc([N+](=O)[O-])cc1-c1ccc(OC)c(OC)c1. The van der Waals surface area contributed by atoms with Crippen molar-refractivity contribution in [2.45, 2.75) is 6.92 Å². The van der Waals surface area contributed by atoms with Gasteiger partial charge in [0.1, 0.15) is 5.75 Å². The first kappa shape index (κ1) is 18.1. The minimum Gasteiger partial charge on any atom is -0.493 e. The van der Waals surface area contributed by atoms with Crippen molar-refractivity contribution in [2.75, 3.05) is 20.8 Å². The lowest BCUT2D eigenvalue weighted by molar-refractivity contribution is -0.384. The van der Waals surface area contributed by atoms with E-state index in [0.717, 1.165) is 0 Å². The summed E-state index contributed by atoms with van der Waals surface area (Å²) < 4.78 is 20.3. The highest BCUT2D eigenvalue weighted by atomic mass is 16.7. The van der Waals surface area contributed by atoms with E-state index in [-0.39, 0.29) is 18.0 Å². The molecule has 0 heterocycles. The molecule has 0 aliphatic carbocycles. The summed E-state index contributed by atoms with van der Waals surface area (Å²) in [6.45, 7) is 1.80. The number of methoxy groups -OCH3 is 2. The van der Waals surface area contributed by atoms with Gasteiger partial charge in [-0.2, -0.15) is 0 Å². The van der Waals surface area contributed by atoms with E-state index in [9.17, 15) is 14.9 Å². The number of nitro groups is 1. The van der Waals surface area contributed by atoms with Crippen molar-refractivity contribution >= 4 is 11.8 Å². The van der Waals surface area contributed by atoms with Crippen LogP contribution in [0.4, 0.5) is 10.5 Å². The summed E-state index contributed by atoms with van der Waals surface area (Å²) in [6.07, 6.45) is -0.891. The summed E-state index contributed by atoms with van der Waals surface area (Å²) in [7, 11) is 2.98. The fourth-order valence-electron chi connectivity index (χ4n) is 2.19. The topological polar surface area (TPSA) is 97.1 Å². The number of benzene rings is 2. The third kappa shape index (κ3) is 4.17. The summed E-state index contributed by atoms with van der Waals surface area (Å²) >= 11 is 0. The zero-order valence-electron chi connectivity index (χ0n) is 14.0. The summed E-state index contributed by atoms with van der Waals surface area (Å²) in [6, 6.07) is 8.88. The van der Waals surface area contributed by atoms with E-state index < -0.39 is 11.1 Å². The Labute approximate surface area is 144 Å². The van der Waals surface area contributed by atoms with E-state index in [4.69, 9.17) is 18.9 Å². The second-order valence-electron chi connectivity index (χ2n) is 4.79. The van der Waals surface area contributed by atoms with E-state index in [1.165, 1.54) is 32.4 Å². The average Bonchev–Trinajstić information content (AvgIpc) is 2.61. The van der Waals surface area contributed by atoms with Crippen molar-refractivity contribution < 1.29 is 28.7 Å². The Bertz CT molecular complexity index is 789. The molecule has 0 radical (unpaired) electrons. The quantitative estimate of drug-likeness (QED) is 0.339. The first-order chi connectivity index (χ1) is 12.0. The highest BCUT2D eigenvalue weighted by Crippen LogP contribution is 2.38. The maximum absolute atomic E-state index is 11.6. The molecular weight excluding hydrogens is 330 g/mol. The summed E-state index contributed by atoms with van der Waals surface area (Å²) in [4.78, 5) is 22.2. The molecule has 25 heavy (non-hydrogen) atoms. The molecule has 132 valence electrons. The molecule has 0 amide bonds. The van der Waals surface area contributed by atoms with Crippen molar-refractivity contribution in [3.05, 3.63) is 46.5 Å². The van der Waals surface area contributed by atoms with Gasteiger partial charge >= 0.3 is 6.16 Å². The molecule has 0 bridgehead atoms. The lowest BCUT2D eigenvalue weighted by atomic mass is 10.0. The van der Waals surface area contributed by atoms with Gasteiger partial charge in [0, 0.05) is 17.7 Å². The first-order valence-corrected chi connectivity index (χ1v) is 7.35. The van der Waals surface area contributed by atoms with E-state index in [2.05, 4.69) is 0 Å². The van der Waals surface area contributed by atoms with Crippen LogP contribution in [0.3, 0.4) is 0 Å². The van der Waals surface area contributed by atoms with E-state index in [0.29, 0.717) is 22.6 Å². The Morgan fingerprint density at radius 2 is 1.72 bits per heavy atom. The van der Waals surface area contributed by atoms with Crippen LogP contribution in [0.5, 0.6) is 17.2 Å². The number of hydrogen-bond donors (Lipinski definition) is 0. The smallest absolute Gasteiger partial charge is 0.493 e. The Hall–Kier alpha value is -3.29. The Kier molecular flexibility index (Phi) is 5.78. The second-order valence-corrected chi connectivity index (χ2v) is 4.79. The lowest BCUT2D eigenvalue weighted by Gasteiger charge is -2.13. The standard InChI is InChI=1S/C17H17NO7/c1-4-24-17(19)25-14-8-6-12(18(20)21)10-13(14)11-5-7-15(22-2)16(9-11)23-3/h5-10H,4H2,1-3H3. The molecule has 0 aromatic heterocycles. The van der Waals surface area contributed by atoms with E-state index in [1.807, 2.05) is 0 Å². The van der Waals surface area contributed by atoms with Gasteiger partial charge in [0.15, 0.2) is 11.5 Å². The fraction of sp³-hybridized carbons (Fsp3) is 0.235. The van der Waals surface area contributed by atoms with Gasteiger partial charge in [-0.25, -0.2) is 4.79 Å². The molecule has 0 N–H and O–H groups in total. The van der Waals surface area contributed by atoms with Crippen LogP contribution < -0.4 is 14.2 Å². The maximum atomic E-state index is 11.6. The van der Waals surface area contributed by atoms with Gasteiger partial charge < -0.3 is 18.9 Å².